The molecule has 0 bridgehead atoms. The Morgan fingerprint density at radius 2 is 0.877 bits per heavy atom. The van der Waals surface area contributed by atoms with Crippen LogP contribution in [0.5, 0.6) is 5.75 Å². The van der Waals surface area contributed by atoms with Crippen molar-refractivity contribution in [3.63, 3.8) is 0 Å². The second-order valence-corrected chi connectivity index (χ2v) is 33.1. The van der Waals surface area contributed by atoms with Crippen molar-refractivity contribution in [1.29, 1.82) is 0 Å². The van der Waals surface area contributed by atoms with E-state index in [-0.39, 0.29) is 95.2 Å². The number of unbranched alkanes of at least 4 members (excludes halogenated alkanes) is 1. The fourth-order valence-corrected chi connectivity index (χ4v) is 15.0. The molecule has 4 aromatic rings. The first-order chi connectivity index (χ1) is 65.3. The van der Waals surface area contributed by atoms with E-state index in [1.165, 1.54) is 31.2 Å². The average Bonchev–Trinajstić information content (AvgIpc) is 1.67. The number of amides is 18. The van der Waals surface area contributed by atoms with Gasteiger partial charge in [-0.25, -0.2) is 0 Å². The van der Waals surface area contributed by atoms with E-state index in [2.05, 4.69) is 58.2 Å². The van der Waals surface area contributed by atoms with Crippen molar-refractivity contribution in [2.75, 3.05) is 39.3 Å². The van der Waals surface area contributed by atoms with Crippen LogP contribution in [0.4, 0.5) is 0 Å². The van der Waals surface area contributed by atoms with Crippen molar-refractivity contribution in [1.82, 2.24) is 89.2 Å². The van der Waals surface area contributed by atoms with Gasteiger partial charge in [0.15, 0.2) is 0 Å². The maximum atomic E-state index is 14.5. The summed E-state index contributed by atoms with van der Waals surface area (Å²) in [5.41, 5.74) is 25.0. The molecule has 752 valence electrons. The van der Waals surface area contributed by atoms with Crippen molar-refractivity contribution >= 4 is 147 Å². The number of fused-ring (bicyclic) bond motifs is 1. The van der Waals surface area contributed by atoms with Gasteiger partial charge in [0.25, 0.3) is 0 Å². The number of aromatic hydroxyl groups is 1. The van der Waals surface area contributed by atoms with E-state index in [1.807, 2.05) is 33.4 Å². The van der Waals surface area contributed by atoms with Crippen molar-refractivity contribution in [3.05, 3.63) is 102 Å². The van der Waals surface area contributed by atoms with Crippen molar-refractivity contribution in [3.8, 4) is 5.75 Å². The molecule has 1 aromatic heterocycles. The Bertz CT molecular complexity index is 5080. The van der Waals surface area contributed by atoms with Gasteiger partial charge < -0.3 is 148 Å². The number of H-pyrrole nitrogens is 1. The molecule has 0 unspecified atom stereocenters. The molecule has 51 heteroatoms. The highest BCUT2D eigenvalue weighted by Gasteiger charge is 2.44. The number of phenols is 1. The van der Waals surface area contributed by atoms with Gasteiger partial charge in [-0.05, 0) is 118 Å². The maximum absolute atomic E-state index is 14.5. The summed E-state index contributed by atoms with van der Waals surface area (Å²) in [6.07, 6.45) is -5.24. The number of benzene rings is 3. The van der Waals surface area contributed by atoms with Crippen LogP contribution in [0.2, 0.25) is 0 Å². The first-order valence-electron chi connectivity index (χ1n) is 44.2. The molecule has 51 nitrogen and oxygen atoms in total. The zero-order valence-corrected chi connectivity index (χ0v) is 75.7. The number of nitrogens with two attached hydrogens (primary N) is 4. The van der Waals surface area contributed by atoms with Gasteiger partial charge >= 0.3 is 29.8 Å². The van der Waals surface area contributed by atoms with E-state index in [1.54, 1.807) is 62.5 Å². The standard InChI is InChI=1S/C87H119N21O30/c1-4-43(2)72(106-73(124)50(89)34-47-39-92-51-17-9-8-16-49(47)51)85(136)104-60(38-70(120)121)87(138)108-31-13-20-63(108)84(135)99-54(26-28-67(114)115)77(128)102-57(35-65(91)112)75(126)93-40-66(113)96-58(36-68(116)117)80(131)105-61(42-109)82(133)103-59(37-69(118)119)81(132)101-55(33-46-21-23-48(110)24-22-46)78(129)95-44(3)86(137)107-30-12-19-62(107)83(134)98-52(18-10-11-29-88)76(127)100-56(32-45-14-6-5-7-15-45)79(130)97-53(25-27-64(90)111)74(125)94-41-71(122)123/h5-9,14-17,21-24,39,43-44,50,52-63,72,92,109-110H,4,10-13,18-20,25-38,40-42,88-89H2,1-3H3,(H2,90,111)(H2,91,112)(H,93,126)(H,94,125)(H,95,129)(H,96,113)(H,97,130)(H,98,134)(H,99,135)(H,100,127)(H,101,132)(H,102,128)(H,103,133)(H,104,136)(H,105,131)(H,106,124)(H,114,115)(H,116,117)(H,118,119)(H,120,121)(H,122,123)/t43-,44-,50-,52-,53-,54-,55-,56-,57-,58-,59-,60-,61-,62-,63-,72-/m0/s1. The highest BCUT2D eigenvalue weighted by atomic mass is 16.4. The number of aliphatic carboxylic acids is 5. The van der Waals surface area contributed by atoms with E-state index >= 15 is 0 Å². The molecule has 30 N–H and O–H groups in total. The molecular formula is C87H119N21O30. The van der Waals surface area contributed by atoms with E-state index < -0.39 is 304 Å². The van der Waals surface area contributed by atoms with E-state index in [0.29, 0.717) is 17.5 Å². The molecule has 3 aromatic carbocycles. The SMILES string of the molecule is CC[C@H](C)[C@H](NC(=O)[C@@H](N)Cc1c[nH]c2ccccc12)C(=O)N[C@@H](CC(=O)O)C(=O)N1CCC[C@H]1C(=O)N[C@@H](CCC(=O)O)C(=O)N[C@@H](CC(N)=O)C(=O)NCC(=O)N[C@@H](CC(=O)O)C(=O)N[C@@H](CO)C(=O)N[C@@H](CC(=O)O)C(=O)N[C@@H](Cc1ccc(O)cc1)C(=O)N[C@@H](C)C(=O)N1CCC[C@H]1C(=O)N[C@@H](CCCCN)C(=O)N[C@@H](Cc1ccccc1)C(=O)N[C@@H](CCC(N)=O)C(=O)NCC(=O)O. The number of likely N-dealkylation sites (tertiary alicyclic amines) is 2. The Labute approximate surface area is 788 Å². The van der Waals surface area contributed by atoms with Crippen LogP contribution in [0.3, 0.4) is 0 Å². The number of aromatic nitrogens is 1. The summed E-state index contributed by atoms with van der Waals surface area (Å²) in [6.45, 7) is 0.824. The number of rotatable bonds is 58. The largest absolute Gasteiger partial charge is 0.508 e. The van der Waals surface area contributed by atoms with E-state index in [9.17, 15) is 146 Å². The van der Waals surface area contributed by atoms with Crippen molar-refractivity contribution < 1.29 is 146 Å². The normalized spacial score (nSPS) is 16.3. The second kappa shape index (κ2) is 54.9. The van der Waals surface area contributed by atoms with Crippen molar-refractivity contribution in [2.45, 2.75) is 233 Å². The fourth-order valence-electron chi connectivity index (χ4n) is 15.0. The van der Waals surface area contributed by atoms with Crippen molar-refractivity contribution in [2.24, 2.45) is 28.9 Å². The van der Waals surface area contributed by atoms with Gasteiger partial charge in [-0.1, -0.05) is 80.9 Å². The molecule has 0 radical (unpaired) electrons. The van der Waals surface area contributed by atoms with Crippen LogP contribution in [0.15, 0.2) is 85.1 Å². The number of carbonyl (C=O) groups is 23. The van der Waals surface area contributed by atoms with Gasteiger partial charge in [-0.3, -0.25) is 110 Å². The zero-order valence-electron chi connectivity index (χ0n) is 75.7. The fraction of sp³-hybridized carbons (Fsp3) is 0.506. The molecule has 2 aliphatic rings. The molecule has 0 spiro atoms. The smallest absolute Gasteiger partial charge is 0.322 e. The third-order valence-electron chi connectivity index (χ3n) is 22.5. The molecule has 3 heterocycles. The number of phenolic OH excluding ortho intramolecular Hbond substituents is 1. The lowest BCUT2D eigenvalue weighted by atomic mass is 9.96. The molecule has 138 heavy (non-hydrogen) atoms. The highest BCUT2D eigenvalue weighted by Crippen LogP contribution is 2.25. The number of carboxylic acid groups (broad SMARTS) is 5. The Kier molecular flexibility index (Phi) is 44.3. The van der Waals surface area contributed by atoms with Crippen LogP contribution in [-0.4, -0.2) is 317 Å². The number of primary amides is 2. The van der Waals surface area contributed by atoms with Crippen LogP contribution < -0.4 is 97.4 Å². The number of hydrogen-bond donors (Lipinski definition) is 26. The minimum atomic E-state index is -2.25. The Balaban J connectivity index is 1.10. The van der Waals surface area contributed by atoms with Crippen LogP contribution in [0.1, 0.15) is 140 Å². The van der Waals surface area contributed by atoms with Crippen LogP contribution >= 0.6 is 0 Å². The van der Waals surface area contributed by atoms with E-state index in [4.69, 9.17) is 22.9 Å². The van der Waals surface area contributed by atoms with Gasteiger partial charge in [0, 0.05) is 55.9 Å². The summed E-state index contributed by atoms with van der Waals surface area (Å²) < 4.78 is 0. The number of nitrogens with zero attached hydrogens (tertiary/aromatic N) is 2. The highest BCUT2D eigenvalue weighted by molar-refractivity contribution is 6.03. The number of para-hydroxylation sites is 1. The van der Waals surface area contributed by atoms with Gasteiger partial charge in [0.05, 0.1) is 44.9 Å². The quantitative estimate of drug-likeness (QED) is 0.0183. The number of aliphatic hydroxyl groups is 1. The maximum Gasteiger partial charge on any atom is 0.322 e. The molecule has 2 fully saturated rings. The number of hydrogen-bond acceptors (Lipinski definition) is 27. The summed E-state index contributed by atoms with van der Waals surface area (Å²) >= 11 is 0. The predicted octanol–water partition coefficient (Wildman–Crippen LogP) is -8.04. The summed E-state index contributed by atoms with van der Waals surface area (Å²) in [7, 11) is 0. The summed E-state index contributed by atoms with van der Waals surface area (Å²) in [5, 5.41) is 102. The first kappa shape index (κ1) is 111. The molecule has 16 atom stereocenters. The van der Waals surface area contributed by atoms with Crippen LogP contribution in [-0.2, 0) is 130 Å². The third-order valence-corrected chi connectivity index (χ3v) is 22.5. The Morgan fingerprint density at radius 3 is 1.41 bits per heavy atom. The number of aromatic amines is 1. The molecule has 2 aliphatic heterocycles. The van der Waals surface area contributed by atoms with Gasteiger partial charge in [0.1, 0.15) is 96.9 Å². The summed E-state index contributed by atoms with van der Waals surface area (Å²) in [5.74, 6) is -29.7. The lowest BCUT2D eigenvalue weighted by molar-refractivity contribution is -0.146. The average molecular weight is 1940 g/mol. The first-order valence-corrected chi connectivity index (χ1v) is 44.2. The Morgan fingerprint density at radius 1 is 0.428 bits per heavy atom. The zero-order chi connectivity index (χ0) is 102. The van der Waals surface area contributed by atoms with Crippen LogP contribution in [0, 0.1) is 5.92 Å². The molecule has 0 saturated carbocycles. The second-order valence-electron chi connectivity index (χ2n) is 33.1. The van der Waals surface area contributed by atoms with Gasteiger partial charge in [-0.15, -0.1) is 0 Å². The van der Waals surface area contributed by atoms with Gasteiger partial charge in [-0.2, -0.15) is 0 Å². The third kappa shape index (κ3) is 35.8. The minimum absolute atomic E-state index is 0.00225. The predicted molar refractivity (Wildman–Crippen MR) is 479 cm³/mol. The number of carbonyl (C=O) groups excluding carboxylic acids is 18. The molecule has 18 amide bonds. The lowest BCUT2D eigenvalue weighted by Gasteiger charge is -2.31. The monoisotopic (exact) mass is 1940 g/mol. The lowest BCUT2D eigenvalue weighted by Crippen LogP contribution is -2.61. The number of aliphatic hydroxyl groups excluding tert-OH is 1. The number of carboxylic acids is 5. The molecule has 6 rings (SSSR count). The Hall–Kier alpha value is -15.3. The van der Waals surface area contributed by atoms with Crippen LogP contribution in [0.25, 0.3) is 10.9 Å². The molecular weight excluding hydrogens is 1820 g/mol. The molecule has 0 aliphatic carbocycles. The summed E-state index contributed by atoms with van der Waals surface area (Å²) in [4.78, 5) is 314. The minimum Gasteiger partial charge on any atom is -0.508 e. The molecule has 2 saturated heterocycles. The topological polar surface area (TPSA) is 829 Å². The summed E-state index contributed by atoms with van der Waals surface area (Å²) in [6, 6.07) is -5.42. The van der Waals surface area contributed by atoms with Gasteiger partial charge in [0.2, 0.25) is 106 Å². The number of nitrogens with one attached hydrogen (secondary N) is 15. The van der Waals surface area contributed by atoms with E-state index in [0.717, 1.165) is 20.7 Å².